The first-order chi connectivity index (χ1) is 23.9. The maximum atomic E-state index is 3.69. The Morgan fingerprint density at radius 1 is 0.635 bits per heavy atom. The first kappa shape index (κ1) is 44.8. The molecule has 0 N–H and O–H groups in total. The molecule has 0 bridgehead atoms. The maximum Gasteiger partial charge on any atom is -0.0801 e. The van der Waals surface area contributed by atoms with Gasteiger partial charge in [0, 0.05) is 0 Å². The molecule has 0 amide bonds. The summed E-state index contributed by atoms with van der Waals surface area (Å²) in [5.74, 6) is 0. The minimum absolute atomic E-state index is 0. The van der Waals surface area contributed by atoms with E-state index >= 15 is 0 Å². The van der Waals surface area contributed by atoms with Gasteiger partial charge in [0.15, 0.2) is 0 Å². The first-order valence-corrected chi connectivity index (χ1v) is 19.1. The van der Waals surface area contributed by atoms with Crippen LogP contribution < -0.4 is 0 Å². The third-order valence-electron chi connectivity index (χ3n) is 8.81. The average Bonchev–Trinajstić information content (AvgIpc) is 3.80. The van der Waals surface area contributed by atoms with Crippen molar-refractivity contribution in [2.24, 2.45) is 0 Å². The molecule has 0 nitrogen and oxygen atoms in total. The van der Waals surface area contributed by atoms with E-state index < -0.39 is 0 Å². The summed E-state index contributed by atoms with van der Waals surface area (Å²) in [5.41, 5.74) is 11.6. The molecular weight excluding hydrogens is 751 g/mol. The van der Waals surface area contributed by atoms with Gasteiger partial charge in [-0.05, 0) is 35.4 Å². The molecule has 2 aliphatic rings. The topological polar surface area (TPSA) is 0 Å². The second kappa shape index (κ2) is 20.8. The van der Waals surface area contributed by atoms with Crippen LogP contribution in [0.4, 0.5) is 0 Å². The van der Waals surface area contributed by atoms with Gasteiger partial charge in [0.2, 0.25) is 0 Å². The molecule has 0 aromatic heterocycles. The average molecular weight is 803 g/mol. The Labute approximate surface area is 341 Å². The van der Waals surface area contributed by atoms with Gasteiger partial charge in [-0.15, -0.1) is 142 Å². The minimum atomic E-state index is 0. The molecule has 0 spiro atoms. The fourth-order valence-corrected chi connectivity index (χ4v) is 6.49. The summed E-state index contributed by atoms with van der Waals surface area (Å²) in [6.45, 7) is 18.2. The second-order valence-electron chi connectivity index (χ2n) is 14.7. The zero-order valence-corrected chi connectivity index (χ0v) is 36.1. The van der Waals surface area contributed by atoms with E-state index in [2.05, 4.69) is 145 Å². The Balaban J connectivity index is 0.000000267. The summed E-state index contributed by atoms with van der Waals surface area (Å²) < 4.78 is 3.34. The summed E-state index contributed by atoms with van der Waals surface area (Å²) in [5, 5.41) is 4.88. The monoisotopic (exact) mass is 800 g/mol. The van der Waals surface area contributed by atoms with Gasteiger partial charge in [0.05, 0.1) is 0 Å². The van der Waals surface area contributed by atoms with Gasteiger partial charge in [0.1, 0.15) is 0 Å². The van der Waals surface area contributed by atoms with Crippen molar-refractivity contribution >= 4 is 50.6 Å². The van der Waals surface area contributed by atoms with E-state index in [1.165, 1.54) is 90.3 Å². The van der Waals surface area contributed by atoms with E-state index in [-0.39, 0.29) is 35.6 Å². The van der Waals surface area contributed by atoms with E-state index in [0.29, 0.717) is 0 Å². The van der Waals surface area contributed by atoms with Gasteiger partial charge in [-0.2, -0.15) is 23.8 Å². The van der Waals surface area contributed by atoms with Crippen molar-refractivity contribution in [3.05, 3.63) is 179 Å². The Morgan fingerprint density at radius 2 is 1.13 bits per heavy atom. The molecule has 0 aliphatic heterocycles. The Bertz CT molecular complexity index is 1810. The molecule has 0 saturated heterocycles. The molecule has 2 aliphatic carbocycles. The third-order valence-corrected chi connectivity index (χ3v) is 8.81. The largest absolute Gasteiger partial charge is 0.147 e. The van der Waals surface area contributed by atoms with Crippen molar-refractivity contribution in [1.82, 2.24) is 0 Å². The van der Waals surface area contributed by atoms with Gasteiger partial charge >= 0.3 is 28.4 Å². The molecule has 52 heavy (non-hydrogen) atoms. The summed E-state index contributed by atoms with van der Waals surface area (Å²) in [7, 11) is 0. The van der Waals surface area contributed by atoms with Crippen molar-refractivity contribution in [3.63, 3.8) is 0 Å². The predicted octanol–water partition coefficient (Wildman–Crippen LogP) is 13.7. The molecule has 0 fully saturated rings. The quantitative estimate of drug-likeness (QED) is 0.134. The number of fused-ring (bicyclic) bond motifs is 5. The number of halogens is 2. The third kappa shape index (κ3) is 12.1. The first-order valence-electron chi connectivity index (χ1n) is 17.4. The SMILES string of the molecule is Cc1[c-]c2c(cc1C(C)(C)C)-c1cc(C(C)(C)C)c(C)cc1C2.Cl.Cl.[C-]1=CC=CC1.[CH2]=[Zr].[c-]1cccc2ccccc12.[c-]1cccc2ccccc12. The van der Waals surface area contributed by atoms with Crippen LogP contribution in [0.2, 0.25) is 0 Å². The van der Waals surface area contributed by atoms with Crippen molar-refractivity contribution in [2.75, 3.05) is 0 Å². The van der Waals surface area contributed by atoms with Crippen LogP contribution in [0, 0.1) is 38.1 Å². The molecule has 3 heteroatoms. The van der Waals surface area contributed by atoms with Crippen molar-refractivity contribution in [2.45, 2.75) is 79.1 Å². The molecule has 270 valence electrons. The number of hydrogen-bond acceptors (Lipinski definition) is 0. The van der Waals surface area contributed by atoms with Crippen LogP contribution in [0.25, 0.3) is 32.7 Å². The standard InChI is InChI=1S/C23H29.2C10H7.C5H5.CH2.2ClH.Zr/c1-14-9-16-11-17-10-15(2)21(23(6,7)8)13-19(17)18(16)12-20(14)22(3,4)5;2*1-2-6-10-8-4-3-7-9(10)5-1;1-2-4-5-3-1;;;;/h9,12-13H,11H2,1-8H3;2*1-7H;1-3H,4H2;1H2;2*1H;/q4*-1;;;;. The van der Waals surface area contributed by atoms with Crippen molar-refractivity contribution in [3.8, 4) is 11.1 Å². The van der Waals surface area contributed by atoms with E-state index in [1.807, 2.05) is 60.7 Å². The Hall–Kier alpha value is -3.35. The molecule has 6 aromatic rings. The normalized spacial score (nSPS) is 11.8. The van der Waals surface area contributed by atoms with E-state index in [4.69, 9.17) is 0 Å². The maximum absolute atomic E-state index is 3.69. The molecular formula is C49H52Cl2Zr-4. The minimum Gasteiger partial charge on any atom is -0.147 e. The van der Waals surface area contributed by atoms with Gasteiger partial charge in [0.25, 0.3) is 0 Å². The molecule has 0 saturated carbocycles. The summed E-state index contributed by atoms with van der Waals surface area (Å²) in [6, 6.07) is 45.7. The van der Waals surface area contributed by atoms with Gasteiger partial charge < -0.3 is 0 Å². The molecule has 8 rings (SSSR count). The number of aryl methyl sites for hydroxylation is 2. The summed E-state index contributed by atoms with van der Waals surface area (Å²) >= 11 is 1.30. The van der Waals surface area contributed by atoms with Gasteiger partial charge in [-0.25, -0.2) is 12.2 Å². The van der Waals surface area contributed by atoms with Crippen LogP contribution in [-0.4, -0.2) is 4.21 Å². The second-order valence-corrected chi connectivity index (χ2v) is 14.7. The van der Waals surface area contributed by atoms with Crippen molar-refractivity contribution in [1.29, 1.82) is 0 Å². The fourth-order valence-electron chi connectivity index (χ4n) is 6.49. The van der Waals surface area contributed by atoms with Crippen molar-refractivity contribution < 1.29 is 24.2 Å². The fraction of sp³-hybridized carbons (Fsp3) is 0.245. The van der Waals surface area contributed by atoms with Crippen LogP contribution in [-0.2, 0) is 41.5 Å². The number of hydrogen-bond donors (Lipinski definition) is 0. The number of benzene rings is 6. The van der Waals surface area contributed by atoms with Crippen LogP contribution in [0.1, 0.15) is 81.3 Å². The van der Waals surface area contributed by atoms with E-state index in [1.54, 1.807) is 0 Å². The van der Waals surface area contributed by atoms with Crippen LogP contribution >= 0.6 is 24.8 Å². The van der Waals surface area contributed by atoms with E-state index in [0.717, 1.165) is 12.8 Å². The molecule has 0 radical (unpaired) electrons. The molecule has 0 atom stereocenters. The molecule has 6 aromatic carbocycles. The Morgan fingerprint density at radius 3 is 1.58 bits per heavy atom. The smallest absolute Gasteiger partial charge is 0.0801 e. The number of allylic oxidation sites excluding steroid dienone is 4. The Kier molecular flexibility index (Phi) is 17.9. The van der Waals surface area contributed by atoms with Gasteiger partial charge in [-0.3, -0.25) is 6.08 Å². The summed E-state index contributed by atoms with van der Waals surface area (Å²) in [6.07, 6.45) is 11.0. The predicted molar refractivity (Wildman–Crippen MR) is 229 cm³/mol. The van der Waals surface area contributed by atoms with Crippen LogP contribution in [0.15, 0.2) is 121 Å². The van der Waals surface area contributed by atoms with E-state index in [9.17, 15) is 0 Å². The number of rotatable bonds is 0. The zero-order valence-electron chi connectivity index (χ0n) is 32.0. The molecule has 0 unspecified atom stereocenters. The molecule has 0 heterocycles. The zero-order chi connectivity index (χ0) is 36.3. The van der Waals surface area contributed by atoms with Crippen LogP contribution in [0.3, 0.4) is 0 Å². The van der Waals surface area contributed by atoms with Crippen LogP contribution in [0.5, 0.6) is 0 Å². The summed E-state index contributed by atoms with van der Waals surface area (Å²) in [4.78, 5) is 0. The van der Waals surface area contributed by atoms with Gasteiger partial charge in [-0.1, -0.05) is 95.8 Å².